The summed E-state index contributed by atoms with van der Waals surface area (Å²) < 4.78 is 5.80. The maximum absolute atomic E-state index is 12.5. The topological polar surface area (TPSA) is 75.6 Å². The first-order valence-electron chi connectivity index (χ1n) is 7.99. The Hall–Kier alpha value is -2.82. The van der Waals surface area contributed by atoms with Crippen molar-refractivity contribution in [2.45, 2.75) is 25.3 Å². The lowest BCUT2D eigenvalue weighted by Gasteiger charge is -2.15. The molecule has 0 unspecified atom stereocenters. The Kier molecular flexibility index (Phi) is 4.79. The van der Waals surface area contributed by atoms with Crippen LogP contribution in [0.4, 0.5) is 0 Å². The van der Waals surface area contributed by atoms with Gasteiger partial charge in [-0.1, -0.05) is 30.3 Å². The summed E-state index contributed by atoms with van der Waals surface area (Å²) in [5.41, 5.74) is 0.445. The van der Waals surface area contributed by atoms with Gasteiger partial charge in [-0.25, -0.2) is 0 Å². The number of ether oxygens (including phenoxy) is 1. The molecule has 1 saturated carbocycles. The molecular formula is C19H19NO4. The van der Waals surface area contributed by atoms with Crippen molar-refractivity contribution in [2.75, 3.05) is 0 Å². The van der Waals surface area contributed by atoms with Crippen LogP contribution in [0.1, 0.15) is 29.6 Å². The van der Waals surface area contributed by atoms with E-state index in [1.165, 1.54) is 0 Å². The highest BCUT2D eigenvalue weighted by molar-refractivity contribution is 5.97. The van der Waals surface area contributed by atoms with E-state index in [2.05, 4.69) is 5.32 Å². The number of amides is 1. The van der Waals surface area contributed by atoms with Gasteiger partial charge in [-0.2, -0.15) is 0 Å². The zero-order chi connectivity index (χ0) is 16.9. The smallest absolute Gasteiger partial charge is 0.306 e. The van der Waals surface area contributed by atoms with Crippen LogP contribution in [-0.2, 0) is 4.79 Å². The standard InChI is InChI=1S/C19H19NO4/c21-18(20-14-11-10-13(12-14)19(22)23)16-8-4-5-9-17(16)24-15-6-2-1-3-7-15/h1-9,13-14H,10-12H2,(H,20,21)(H,22,23)/t13-,14+/m0/s1. The molecule has 0 aliphatic heterocycles. The van der Waals surface area contributed by atoms with Gasteiger partial charge in [0.15, 0.2) is 0 Å². The van der Waals surface area contributed by atoms with Crippen LogP contribution >= 0.6 is 0 Å². The van der Waals surface area contributed by atoms with Gasteiger partial charge in [-0.15, -0.1) is 0 Å². The molecule has 1 aliphatic rings. The number of benzene rings is 2. The second-order valence-corrected chi connectivity index (χ2v) is 5.93. The maximum Gasteiger partial charge on any atom is 0.306 e. The largest absolute Gasteiger partial charge is 0.481 e. The molecular weight excluding hydrogens is 306 g/mol. The highest BCUT2D eigenvalue weighted by atomic mass is 16.5. The number of rotatable bonds is 5. The number of carboxylic acids is 1. The summed E-state index contributed by atoms with van der Waals surface area (Å²) in [5.74, 6) is -0.262. The van der Waals surface area contributed by atoms with Crippen LogP contribution in [0.2, 0.25) is 0 Å². The van der Waals surface area contributed by atoms with Crippen molar-refractivity contribution < 1.29 is 19.4 Å². The van der Waals surface area contributed by atoms with Gasteiger partial charge in [0.1, 0.15) is 11.5 Å². The Morgan fingerprint density at radius 3 is 2.42 bits per heavy atom. The maximum atomic E-state index is 12.5. The molecule has 3 rings (SSSR count). The van der Waals surface area contributed by atoms with Crippen molar-refractivity contribution >= 4 is 11.9 Å². The minimum Gasteiger partial charge on any atom is -0.481 e. The molecule has 0 radical (unpaired) electrons. The highest BCUT2D eigenvalue weighted by Crippen LogP contribution is 2.28. The number of carboxylic acid groups (broad SMARTS) is 1. The van der Waals surface area contributed by atoms with E-state index in [9.17, 15) is 9.59 Å². The Balaban J connectivity index is 1.70. The van der Waals surface area contributed by atoms with Crippen molar-refractivity contribution in [3.63, 3.8) is 0 Å². The van der Waals surface area contributed by atoms with Crippen molar-refractivity contribution in [2.24, 2.45) is 5.92 Å². The van der Waals surface area contributed by atoms with Crippen LogP contribution in [-0.4, -0.2) is 23.0 Å². The van der Waals surface area contributed by atoms with Gasteiger partial charge >= 0.3 is 5.97 Å². The summed E-state index contributed by atoms with van der Waals surface area (Å²) in [5, 5.41) is 12.0. The molecule has 0 aromatic heterocycles. The molecule has 2 N–H and O–H groups in total. The summed E-state index contributed by atoms with van der Waals surface area (Å²) >= 11 is 0. The predicted molar refractivity (Wildman–Crippen MR) is 89.2 cm³/mol. The molecule has 2 aromatic rings. The van der Waals surface area contributed by atoms with Crippen molar-refractivity contribution in [3.8, 4) is 11.5 Å². The van der Waals surface area contributed by atoms with E-state index < -0.39 is 5.97 Å². The van der Waals surface area contributed by atoms with Gasteiger partial charge in [0.2, 0.25) is 0 Å². The average Bonchev–Trinajstić information content (AvgIpc) is 3.05. The minimum atomic E-state index is -0.792. The second kappa shape index (κ2) is 7.17. The molecule has 124 valence electrons. The minimum absolute atomic E-state index is 0.108. The summed E-state index contributed by atoms with van der Waals surface area (Å²) in [4.78, 5) is 23.6. The first-order chi connectivity index (χ1) is 11.6. The van der Waals surface area contributed by atoms with Crippen LogP contribution in [0, 0.1) is 5.92 Å². The third-order valence-electron chi connectivity index (χ3n) is 4.22. The third kappa shape index (κ3) is 3.74. The summed E-state index contributed by atoms with van der Waals surface area (Å²) in [7, 11) is 0. The summed E-state index contributed by atoms with van der Waals surface area (Å²) in [6.07, 6.45) is 1.76. The first-order valence-corrected chi connectivity index (χ1v) is 7.99. The number of para-hydroxylation sites is 2. The Labute approximate surface area is 140 Å². The van der Waals surface area contributed by atoms with Gasteiger partial charge in [-0.05, 0) is 43.5 Å². The molecule has 2 atom stereocenters. The number of hydrogen-bond donors (Lipinski definition) is 2. The van der Waals surface area contributed by atoms with Gasteiger partial charge in [0, 0.05) is 6.04 Å². The molecule has 0 bridgehead atoms. The number of aliphatic carboxylic acids is 1. The van der Waals surface area contributed by atoms with E-state index in [0.29, 0.717) is 36.3 Å². The molecule has 2 aromatic carbocycles. The lowest BCUT2D eigenvalue weighted by Crippen LogP contribution is -2.33. The number of carbonyl (C=O) groups is 2. The fourth-order valence-electron chi connectivity index (χ4n) is 2.96. The van der Waals surface area contributed by atoms with Crippen LogP contribution in [0.3, 0.4) is 0 Å². The zero-order valence-corrected chi connectivity index (χ0v) is 13.1. The molecule has 1 aliphatic carbocycles. The molecule has 24 heavy (non-hydrogen) atoms. The van der Waals surface area contributed by atoms with Crippen molar-refractivity contribution in [1.29, 1.82) is 0 Å². The van der Waals surface area contributed by atoms with E-state index in [4.69, 9.17) is 9.84 Å². The van der Waals surface area contributed by atoms with Crippen LogP contribution in [0.15, 0.2) is 54.6 Å². The Morgan fingerprint density at radius 1 is 1.00 bits per heavy atom. The number of nitrogens with one attached hydrogen (secondary N) is 1. The second-order valence-electron chi connectivity index (χ2n) is 5.93. The van der Waals surface area contributed by atoms with E-state index >= 15 is 0 Å². The molecule has 5 nitrogen and oxygen atoms in total. The van der Waals surface area contributed by atoms with E-state index in [0.717, 1.165) is 0 Å². The lowest BCUT2D eigenvalue weighted by atomic mass is 10.1. The van der Waals surface area contributed by atoms with E-state index in [-0.39, 0.29) is 17.9 Å². The van der Waals surface area contributed by atoms with Crippen LogP contribution in [0.25, 0.3) is 0 Å². The van der Waals surface area contributed by atoms with Crippen molar-refractivity contribution in [1.82, 2.24) is 5.32 Å². The normalized spacial score (nSPS) is 19.7. The molecule has 0 saturated heterocycles. The monoisotopic (exact) mass is 325 g/mol. The van der Waals surface area contributed by atoms with E-state index in [1.807, 2.05) is 36.4 Å². The Bertz CT molecular complexity index is 729. The summed E-state index contributed by atoms with van der Waals surface area (Å²) in [6.45, 7) is 0. The molecule has 0 heterocycles. The van der Waals surface area contributed by atoms with Crippen LogP contribution in [0.5, 0.6) is 11.5 Å². The fraction of sp³-hybridized carbons (Fsp3) is 0.263. The fourth-order valence-corrected chi connectivity index (χ4v) is 2.96. The average molecular weight is 325 g/mol. The molecule has 1 fully saturated rings. The highest BCUT2D eigenvalue weighted by Gasteiger charge is 2.31. The number of carbonyl (C=O) groups excluding carboxylic acids is 1. The van der Waals surface area contributed by atoms with Gasteiger partial charge < -0.3 is 15.2 Å². The van der Waals surface area contributed by atoms with Crippen LogP contribution < -0.4 is 10.1 Å². The zero-order valence-electron chi connectivity index (χ0n) is 13.1. The molecule has 5 heteroatoms. The van der Waals surface area contributed by atoms with Gasteiger partial charge in [0.05, 0.1) is 11.5 Å². The Morgan fingerprint density at radius 2 is 1.71 bits per heavy atom. The van der Waals surface area contributed by atoms with Gasteiger partial charge in [-0.3, -0.25) is 9.59 Å². The number of hydrogen-bond acceptors (Lipinski definition) is 3. The predicted octanol–water partition coefficient (Wildman–Crippen LogP) is 3.46. The van der Waals surface area contributed by atoms with Gasteiger partial charge in [0.25, 0.3) is 5.91 Å². The first kappa shape index (κ1) is 16.1. The SMILES string of the molecule is O=C(N[C@@H]1CC[C@H](C(=O)O)C1)c1ccccc1Oc1ccccc1. The molecule has 0 spiro atoms. The molecule has 1 amide bonds. The quantitative estimate of drug-likeness (QED) is 0.882. The lowest BCUT2D eigenvalue weighted by molar-refractivity contribution is -0.141. The van der Waals surface area contributed by atoms with E-state index in [1.54, 1.807) is 18.2 Å². The third-order valence-corrected chi connectivity index (χ3v) is 4.22. The summed E-state index contributed by atoms with van der Waals surface area (Å²) in [6, 6.07) is 16.2. The van der Waals surface area contributed by atoms with Crippen molar-refractivity contribution in [3.05, 3.63) is 60.2 Å².